The van der Waals surface area contributed by atoms with Gasteiger partial charge in [-0.1, -0.05) is 23.7 Å². The lowest BCUT2D eigenvalue weighted by Crippen LogP contribution is -2.27. The van der Waals surface area contributed by atoms with Crippen LogP contribution in [0.25, 0.3) is 6.08 Å². The van der Waals surface area contributed by atoms with Crippen LogP contribution in [0, 0.1) is 3.57 Å². The first kappa shape index (κ1) is 21.0. The second kappa shape index (κ2) is 9.19. The number of methoxy groups -OCH3 is 1. The van der Waals surface area contributed by atoms with Gasteiger partial charge in [0.05, 0.1) is 28.7 Å². The van der Waals surface area contributed by atoms with Gasteiger partial charge in [-0.05, 0) is 82.7 Å². The average Bonchev–Trinajstić information content (AvgIpc) is 2.92. The van der Waals surface area contributed by atoms with Gasteiger partial charge in [0.25, 0.3) is 11.1 Å². The number of imide groups is 1. The zero-order chi connectivity index (χ0) is 20.3. The van der Waals surface area contributed by atoms with Gasteiger partial charge in [0, 0.05) is 5.02 Å². The lowest BCUT2D eigenvalue weighted by Gasteiger charge is -2.13. The highest BCUT2D eigenvalue weighted by Gasteiger charge is 2.35. The minimum Gasteiger partial charge on any atom is -0.493 e. The highest BCUT2D eigenvalue weighted by Crippen LogP contribution is 2.37. The lowest BCUT2D eigenvalue weighted by atomic mass is 10.1. The molecular formula is C20H17ClINO4S. The summed E-state index contributed by atoms with van der Waals surface area (Å²) < 4.78 is 11.9. The molecule has 0 aromatic heterocycles. The van der Waals surface area contributed by atoms with E-state index in [0.717, 1.165) is 26.5 Å². The third-order valence-corrected chi connectivity index (χ3v) is 5.93. The molecule has 8 heteroatoms. The first-order valence-electron chi connectivity index (χ1n) is 8.43. The largest absolute Gasteiger partial charge is 0.493 e. The summed E-state index contributed by atoms with van der Waals surface area (Å²) in [5.41, 5.74) is 1.60. The van der Waals surface area contributed by atoms with Gasteiger partial charge in [0.1, 0.15) is 0 Å². The van der Waals surface area contributed by atoms with Crippen LogP contribution in [0.4, 0.5) is 4.79 Å². The molecule has 2 aromatic carbocycles. The molecule has 1 aliphatic heterocycles. The van der Waals surface area contributed by atoms with E-state index in [1.54, 1.807) is 43.5 Å². The fourth-order valence-corrected chi connectivity index (χ4v) is 4.41. The number of thioether (sulfide) groups is 1. The number of benzene rings is 2. The molecule has 5 nitrogen and oxygen atoms in total. The van der Waals surface area contributed by atoms with E-state index in [1.165, 1.54) is 4.90 Å². The molecule has 0 atom stereocenters. The molecule has 2 aromatic rings. The van der Waals surface area contributed by atoms with Crippen LogP contribution in [0.3, 0.4) is 0 Å². The summed E-state index contributed by atoms with van der Waals surface area (Å²) >= 11 is 8.98. The van der Waals surface area contributed by atoms with Crippen LogP contribution >= 0.6 is 46.0 Å². The molecule has 146 valence electrons. The number of ether oxygens (including phenoxy) is 2. The molecule has 0 bridgehead atoms. The SMILES string of the molecule is CCOc1c(I)cc(C=C2SC(=O)N(Cc3ccc(Cl)cc3)C2=O)cc1OC. The summed E-state index contributed by atoms with van der Waals surface area (Å²) in [5.74, 6) is 0.937. The van der Waals surface area contributed by atoms with E-state index in [4.69, 9.17) is 21.1 Å². The van der Waals surface area contributed by atoms with Gasteiger partial charge in [-0.3, -0.25) is 14.5 Å². The van der Waals surface area contributed by atoms with Crippen molar-refractivity contribution in [1.82, 2.24) is 4.90 Å². The molecule has 0 unspecified atom stereocenters. The number of carbonyl (C=O) groups is 2. The quantitative estimate of drug-likeness (QED) is 0.361. The minimum atomic E-state index is -0.312. The van der Waals surface area contributed by atoms with E-state index >= 15 is 0 Å². The molecule has 0 spiro atoms. The number of rotatable bonds is 6. The first-order valence-corrected chi connectivity index (χ1v) is 10.7. The van der Waals surface area contributed by atoms with E-state index in [-0.39, 0.29) is 17.7 Å². The van der Waals surface area contributed by atoms with Crippen molar-refractivity contribution in [2.45, 2.75) is 13.5 Å². The summed E-state index contributed by atoms with van der Waals surface area (Å²) in [6.45, 7) is 2.64. The van der Waals surface area contributed by atoms with Crippen molar-refractivity contribution >= 4 is 63.2 Å². The van der Waals surface area contributed by atoms with E-state index in [0.29, 0.717) is 28.0 Å². The van der Waals surface area contributed by atoms with Crippen LogP contribution in [-0.4, -0.2) is 29.8 Å². The number of hydrogen-bond donors (Lipinski definition) is 0. The zero-order valence-corrected chi connectivity index (χ0v) is 18.9. The maximum absolute atomic E-state index is 12.7. The third kappa shape index (κ3) is 4.64. The van der Waals surface area contributed by atoms with E-state index in [1.807, 2.05) is 13.0 Å². The van der Waals surface area contributed by atoms with Gasteiger partial charge in [0.15, 0.2) is 11.5 Å². The van der Waals surface area contributed by atoms with Crippen LogP contribution in [-0.2, 0) is 11.3 Å². The van der Waals surface area contributed by atoms with Crippen LogP contribution in [0.5, 0.6) is 11.5 Å². The monoisotopic (exact) mass is 529 g/mol. The summed E-state index contributed by atoms with van der Waals surface area (Å²) in [5, 5.41) is 0.315. The maximum Gasteiger partial charge on any atom is 0.293 e. The van der Waals surface area contributed by atoms with Gasteiger partial charge in [-0.2, -0.15) is 0 Å². The van der Waals surface area contributed by atoms with Crippen molar-refractivity contribution in [3.8, 4) is 11.5 Å². The molecular weight excluding hydrogens is 513 g/mol. The average molecular weight is 530 g/mol. The van der Waals surface area contributed by atoms with E-state index in [9.17, 15) is 9.59 Å². The molecule has 3 rings (SSSR count). The van der Waals surface area contributed by atoms with E-state index in [2.05, 4.69) is 22.6 Å². The number of halogens is 2. The minimum absolute atomic E-state index is 0.212. The van der Waals surface area contributed by atoms with Gasteiger partial charge in [0.2, 0.25) is 0 Å². The van der Waals surface area contributed by atoms with Crippen LogP contribution < -0.4 is 9.47 Å². The first-order chi connectivity index (χ1) is 13.4. The molecule has 2 amide bonds. The standard InChI is InChI=1S/C20H17ClINO4S/c1-3-27-18-15(22)8-13(9-16(18)26-2)10-17-19(24)23(20(25)28-17)11-12-4-6-14(21)7-5-12/h4-10H,3,11H2,1-2H3. The number of nitrogens with zero attached hydrogens (tertiary/aromatic N) is 1. The summed E-state index contributed by atoms with van der Waals surface area (Å²) in [6, 6.07) is 10.8. The Morgan fingerprint density at radius 1 is 1.21 bits per heavy atom. The van der Waals surface area contributed by atoms with Crippen molar-refractivity contribution in [3.05, 3.63) is 61.0 Å². The van der Waals surface area contributed by atoms with Crippen molar-refractivity contribution in [1.29, 1.82) is 0 Å². The van der Waals surface area contributed by atoms with Crippen molar-refractivity contribution in [2.75, 3.05) is 13.7 Å². The third-order valence-electron chi connectivity index (χ3n) is 3.97. The van der Waals surface area contributed by atoms with Gasteiger partial charge in [-0.25, -0.2) is 0 Å². The van der Waals surface area contributed by atoms with E-state index < -0.39 is 0 Å². The fourth-order valence-electron chi connectivity index (χ4n) is 2.67. The Morgan fingerprint density at radius 3 is 2.57 bits per heavy atom. The molecule has 1 heterocycles. The van der Waals surface area contributed by atoms with Crippen molar-refractivity contribution in [3.63, 3.8) is 0 Å². The Balaban J connectivity index is 1.85. The summed E-state index contributed by atoms with van der Waals surface area (Å²) in [6.07, 6.45) is 1.70. The predicted molar refractivity (Wildman–Crippen MR) is 120 cm³/mol. The summed E-state index contributed by atoms with van der Waals surface area (Å²) in [7, 11) is 1.57. The van der Waals surface area contributed by atoms with Gasteiger partial charge < -0.3 is 9.47 Å². The zero-order valence-electron chi connectivity index (χ0n) is 15.2. The Labute approximate surface area is 186 Å². The topological polar surface area (TPSA) is 55.8 Å². The molecule has 28 heavy (non-hydrogen) atoms. The number of carbonyl (C=O) groups excluding carboxylic acids is 2. The molecule has 0 saturated carbocycles. The molecule has 1 aliphatic rings. The predicted octanol–water partition coefficient (Wildman–Crippen LogP) is 5.59. The number of hydrogen-bond acceptors (Lipinski definition) is 5. The highest BCUT2D eigenvalue weighted by molar-refractivity contribution is 14.1. The normalized spacial score (nSPS) is 15.4. The molecule has 0 N–H and O–H groups in total. The smallest absolute Gasteiger partial charge is 0.293 e. The maximum atomic E-state index is 12.7. The Hall–Kier alpha value is -1.71. The molecule has 1 saturated heterocycles. The van der Waals surface area contributed by atoms with Crippen molar-refractivity contribution in [2.24, 2.45) is 0 Å². The lowest BCUT2D eigenvalue weighted by molar-refractivity contribution is -0.123. The Bertz CT molecular complexity index is 946. The molecule has 0 radical (unpaired) electrons. The molecule has 1 fully saturated rings. The van der Waals surface area contributed by atoms with Crippen LogP contribution in [0.15, 0.2) is 41.3 Å². The second-order valence-electron chi connectivity index (χ2n) is 5.86. The Kier molecular flexibility index (Phi) is 6.90. The highest BCUT2D eigenvalue weighted by atomic mass is 127. The van der Waals surface area contributed by atoms with Crippen LogP contribution in [0.2, 0.25) is 5.02 Å². The number of amides is 2. The van der Waals surface area contributed by atoms with Crippen molar-refractivity contribution < 1.29 is 19.1 Å². The Morgan fingerprint density at radius 2 is 1.93 bits per heavy atom. The summed E-state index contributed by atoms with van der Waals surface area (Å²) in [4.78, 5) is 26.7. The fraction of sp³-hybridized carbons (Fsp3) is 0.200. The second-order valence-corrected chi connectivity index (χ2v) is 8.45. The molecule has 0 aliphatic carbocycles. The van der Waals surface area contributed by atoms with Gasteiger partial charge in [-0.15, -0.1) is 0 Å². The van der Waals surface area contributed by atoms with Gasteiger partial charge >= 0.3 is 0 Å². The van der Waals surface area contributed by atoms with Crippen LogP contribution in [0.1, 0.15) is 18.1 Å².